The second-order valence-electron chi connectivity index (χ2n) is 7.25. The minimum atomic E-state index is 0.314. The Morgan fingerprint density at radius 2 is 1.05 bits per heavy atom. The van der Waals surface area contributed by atoms with E-state index in [1.54, 1.807) is 0 Å². The lowest BCUT2D eigenvalue weighted by Crippen LogP contribution is -2.58. The molecule has 0 amide bonds. The molecule has 1 N–H and O–H groups in total. The molecule has 0 atom stereocenters. The van der Waals surface area contributed by atoms with Crippen LogP contribution < -0.4 is 5.53 Å². The lowest BCUT2D eigenvalue weighted by molar-refractivity contribution is -0.0355. The van der Waals surface area contributed by atoms with Crippen LogP contribution in [0.15, 0.2) is 12.4 Å². The molecule has 1 heterocycles. The monoisotopic (exact) mass is 263 g/mol. The third-order valence-electron chi connectivity index (χ3n) is 5.60. The van der Waals surface area contributed by atoms with Crippen molar-refractivity contribution in [3.05, 3.63) is 12.4 Å². The number of rotatable bonds is 2. The lowest BCUT2D eigenvalue weighted by Gasteiger charge is -2.46. The SMILES string of the molecule is CC1(N2C=CN(C3(C)CCCCC3)N2)CCCCC1. The Morgan fingerprint density at radius 1 is 0.684 bits per heavy atom. The molecule has 0 saturated heterocycles. The van der Waals surface area contributed by atoms with Gasteiger partial charge in [0.2, 0.25) is 0 Å². The van der Waals surface area contributed by atoms with Gasteiger partial charge in [-0.25, -0.2) is 0 Å². The van der Waals surface area contributed by atoms with E-state index in [2.05, 4.69) is 41.8 Å². The first-order valence-corrected chi connectivity index (χ1v) is 8.16. The van der Waals surface area contributed by atoms with E-state index in [0.29, 0.717) is 11.1 Å². The van der Waals surface area contributed by atoms with Gasteiger partial charge in [-0.15, -0.1) is 5.53 Å². The molecule has 0 aromatic rings. The van der Waals surface area contributed by atoms with Gasteiger partial charge in [-0.1, -0.05) is 38.5 Å². The van der Waals surface area contributed by atoms with Gasteiger partial charge >= 0.3 is 0 Å². The van der Waals surface area contributed by atoms with Crippen molar-refractivity contribution in [3.63, 3.8) is 0 Å². The van der Waals surface area contributed by atoms with Crippen molar-refractivity contribution in [1.82, 2.24) is 15.6 Å². The third kappa shape index (κ3) is 2.49. The molecule has 3 heteroatoms. The molecular weight excluding hydrogens is 234 g/mol. The highest BCUT2D eigenvalue weighted by atomic mass is 15.8. The molecule has 2 aliphatic carbocycles. The average Bonchev–Trinajstić information content (AvgIpc) is 2.91. The molecule has 108 valence electrons. The summed E-state index contributed by atoms with van der Waals surface area (Å²) in [6.45, 7) is 4.83. The van der Waals surface area contributed by atoms with Gasteiger partial charge in [0.1, 0.15) is 0 Å². The van der Waals surface area contributed by atoms with Gasteiger partial charge in [0.15, 0.2) is 0 Å². The van der Waals surface area contributed by atoms with Crippen molar-refractivity contribution in [2.24, 2.45) is 0 Å². The third-order valence-corrected chi connectivity index (χ3v) is 5.60. The molecule has 0 bridgehead atoms. The molecule has 1 aliphatic heterocycles. The van der Waals surface area contributed by atoms with Crippen molar-refractivity contribution in [2.45, 2.75) is 89.1 Å². The molecule has 3 rings (SSSR count). The van der Waals surface area contributed by atoms with Crippen LogP contribution >= 0.6 is 0 Å². The highest BCUT2D eigenvalue weighted by Gasteiger charge is 2.39. The highest BCUT2D eigenvalue weighted by molar-refractivity contribution is 5.02. The molecule has 0 aromatic carbocycles. The van der Waals surface area contributed by atoms with Crippen LogP contribution in [0, 0.1) is 0 Å². The summed E-state index contributed by atoms with van der Waals surface area (Å²) >= 11 is 0. The van der Waals surface area contributed by atoms with Crippen molar-refractivity contribution in [3.8, 4) is 0 Å². The number of hydrogen-bond acceptors (Lipinski definition) is 3. The highest BCUT2D eigenvalue weighted by Crippen LogP contribution is 2.37. The van der Waals surface area contributed by atoms with E-state index in [0.717, 1.165) is 0 Å². The zero-order chi connectivity index (χ0) is 13.3. The number of hydrogen-bond donors (Lipinski definition) is 1. The van der Waals surface area contributed by atoms with Crippen LogP contribution in [0.1, 0.15) is 78.1 Å². The minimum absolute atomic E-state index is 0.314. The van der Waals surface area contributed by atoms with Crippen LogP contribution in [0.4, 0.5) is 0 Å². The van der Waals surface area contributed by atoms with Gasteiger partial charge in [0.05, 0.1) is 11.1 Å². The largest absolute Gasteiger partial charge is 0.291 e. The van der Waals surface area contributed by atoms with Gasteiger partial charge in [0, 0.05) is 12.4 Å². The molecule has 19 heavy (non-hydrogen) atoms. The fourth-order valence-corrected chi connectivity index (χ4v) is 4.03. The van der Waals surface area contributed by atoms with Crippen LogP contribution in [0.2, 0.25) is 0 Å². The molecular formula is C16H29N3. The second-order valence-corrected chi connectivity index (χ2v) is 7.25. The Bertz CT molecular complexity index is 306. The number of nitrogens with one attached hydrogen (secondary N) is 1. The Morgan fingerprint density at radius 3 is 1.42 bits per heavy atom. The summed E-state index contributed by atoms with van der Waals surface area (Å²) in [6, 6.07) is 0. The van der Waals surface area contributed by atoms with Crippen LogP contribution in [-0.2, 0) is 0 Å². The second kappa shape index (κ2) is 5.01. The summed E-state index contributed by atoms with van der Waals surface area (Å²) in [5.74, 6) is 0. The van der Waals surface area contributed by atoms with Crippen LogP contribution in [0.3, 0.4) is 0 Å². The van der Waals surface area contributed by atoms with Gasteiger partial charge < -0.3 is 0 Å². The maximum Gasteiger partial charge on any atom is 0.0547 e. The maximum absolute atomic E-state index is 3.67. The minimum Gasteiger partial charge on any atom is -0.291 e. The van der Waals surface area contributed by atoms with Crippen LogP contribution in [0.5, 0.6) is 0 Å². The normalized spacial score (nSPS) is 29.8. The van der Waals surface area contributed by atoms with Crippen LogP contribution in [0.25, 0.3) is 0 Å². The van der Waals surface area contributed by atoms with E-state index >= 15 is 0 Å². The summed E-state index contributed by atoms with van der Waals surface area (Å²) in [7, 11) is 0. The Kier molecular flexibility index (Phi) is 3.50. The first-order valence-electron chi connectivity index (χ1n) is 8.16. The van der Waals surface area contributed by atoms with Crippen LogP contribution in [-0.4, -0.2) is 21.1 Å². The van der Waals surface area contributed by atoms with E-state index < -0.39 is 0 Å². The molecule has 0 spiro atoms. The zero-order valence-electron chi connectivity index (χ0n) is 12.6. The lowest BCUT2D eigenvalue weighted by atomic mass is 9.83. The quantitative estimate of drug-likeness (QED) is 0.814. The van der Waals surface area contributed by atoms with Crippen molar-refractivity contribution in [2.75, 3.05) is 0 Å². The average molecular weight is 263 g/mol. The van der Waals surface area contributed by atoms with Crippen molar-refractivity contribution >= 4 is 0 Å². The van der Waals surface area contributed by atoms with E-state index in [4.69, 9.17) is 0 Å². The summed E-state index contributed by atoms with van der Waals surface area (Å²) in [6.07, 6.45) is 18.1. The first kappa shape index (κ1) is 13.3. The number of nitrogens with zero attached hydrogens (tertiary/aromatic N) is 2. The van der Waals surface area contributed by atoms with Gasteiger partial charge in [-0.3, -0.25) is 10.0 Å². The smallest absolute Gasteiger partial charge is 0.0547 e. The predicted molar refractivity (Wildman–Crippen MR) is 78.9 cm³/mol. The molecule has 2 fully saturated rings. The van der Waals surface area contributed by atoms with E-state index in [1.165, 1.54) is 64.2 Å². The molecule has 2 saturated carbocycles. The summed E-state index contributed by atoms with van der Waals surface area (Å²) in [5, 5.41) is 4.76. The van der Waals surface area contributed by atoms with E-state index in [-0.39, 0.29) is 0 Å². The summed E-state index contributed by atoms with van der Waals surface area (Å²) in [4.78, 5) is 0. The molecule has 0 aromatic heterocycles. The molecule has 0 radical (unpaired) electrons. The summed E-state index contributed by atoms with van der Waals surface area (Å²) in [5.41, 5.74) is 4.29. The zero-order valence-corrected chi connectivity index (χ0v) is 12.6. The van der Waals surface area contributed by atoms with E-state index in [1.807, 2.05) is 0 Å². The fraction of sp³-hybridized carbons (Fsp3) is 0.875. The predicted octanol–water partition coefficient (Wildman–Crippen LogP) is 3.94. The van der Waals surface area contributed by atoms with Crippen molar-refractivity contribution in [1.29, 1.82) is 0 Å². The Balaban J connectivity index is 1.65. The van der Waals surface area contributed by atoms with Gasteiger partial charge in [-0.05, 0) is 39.5 Å². The summed E-state index contributed by atoms with van der Waals surface area (Å²) < 4.78 is 0. The van der Waals surface area contributed by atoms with Crippen molar-refractivity contribution < 1.29 is 0 Å². The Hall–Kier alpha value is -0.700. The molecule has 3 aliphatic rings. The standard InChI is InChI=1S/C16H29N3/c1-15(9-5-3-6-10-15)18-13-14-19(17-18)16(2)11-7-4-8-12-16/h13-14,17H,3-12H2,1-2H3. The number of hydrazine groups is 2. The molecule has 3 nitrogen and oxygen atoms in total. The van der Waals surface area contributed by atoms with E-state index in [9.17, 15) is 0 Å². The maximum atomic E-state index is 3.67. The molecule has 0 unspecified atom stereocenters. The topological polar surface area (TPSA) is 18.5 Å². The van der Waals surface area contributed by atoms with Gasteiger partial charge in [-0.2, -0.15) is 0 Å². The fourth-order valence-electron chi connectivity index (χ4n) is 4.03. The van der Waals surface area contributed by atoms with Gasteiger partial charge in [0.25, 0.3) is 0 Å². The first-order chi connectivity index (χ1) is 9.12. The Labute approximate surface area is 118 Å².